The third-order valence-electron chi connectivity index (χ3n) is 5.92. The normalized spacial score (nSPS) is 24.1. The average molecular weight is 415 g/mol. The first-order valence-corrected chi connectivity index (χ1v) is 10.2. The van der Waals surface area contributed by atoms with Gasteiger partial charge in [0.15, 0.2) is 0 Å². The van der Waals surface area contributed by atoms with Crippen LogP contribution in [0.5, 0.6) is 0 Å². The second-order valence-electron chi connectivity index (χ2n) is 7.74. The molecule has 1 saturated heterocycles. The quantitative estimate of drug-likeness (QED) is 0.750. The van der Waals surface area contributed by atoms with Gasteiger partial charge in [0.05, 0.1) is 11.4 Å². The standard InChI is InChI=1S/C21H23ClN4O3/c1-14-6-2-3-9-21(14)19(28)26(20(29)24-21)13-18(27)23-16-8-7-15(22)12-17(16)25-10-4-5-11-25/h4-5,7-8,10-12,14H,2-3,6,9,13H2,1H3,(H,23,27)(H,24,29). The summed E-state index contributed by atoms with van der Waals surface area (Å²) in [6, 6.07) is 8.35. The SMILES string of the molecule is CC1CCCCC12NC(=O)N(CC(=O)Nc1ccc(Cl)cc1-n1cccc1)C2=O. The Balaban J connectivity index is 1.51. The summed E-state index contributed by atoms with van der Waals surface area (Å²) in [5.41, 5.74) is 0.375. The van der Waals surface area contributed by atoms with Crippen LogP contribution in [0, 0.1) is 5.92 Å². The van der Waals surface area contributed by atoms with Crippen LogP contribution >= 0.6 is 11.6 Å². The number of imide groups is 1. The van der Waals surface area contributed by atoms with Crippen LogP contribution in [-0.4, -0.2) is 39.4 Å². The van der Waals surface area contributed by atoms with E-state index in [1.807, 2.05) is 36.0 Å². The first kappa shape index (κ1) is 19.5. The van der Waals surface area contributed by atoms with E-state index in [-0.39, 0.29) is 18.4 Å². The van der Waals surface area contributed by atoms with Crippen molar-refractivity contribution in [3.05, 3.63) is 47.7 Å². The van der Waals surface area contributed by atoms with Gasteiger partial charge < -0.3 is 15.2 Å². The van der Waals surface area contributed by atoms with Crippen molar-refractivity contribution in [2.75, 3.05) is 11.9 Å². The number of carbonyl (C=O) groups is 3. The number of carbonyl (C=O) groups excluding carboxylic acids is 3. The van der Waals surface area contributed by atoms with Gasteiger partial charge in [0.1, 0.15) is 12.1 Å². The summed E-state index contributed by atoms with van der Waals surface area (Å²) in [7, 11) is 0. The molecule has 1 spiro atoms. The van der Waals surface area contributed by atoms with Crippen LogP contribution in [-0.2, 0) is 9.59 Å². The highest BCUT2D eigenvalue weighted by Gasteiger charge is 2.55. The fraction of sp³-hybridized carbons (Fsp3) is 0.381. The van der Waals surface area contributed by atoms with Gasteiger partial charge in [-0.1, -0.05) is 31.4 Å². The highest BCUT2D eigenvalue weighted by atomic mass is 35.5. The number of anilines is 1. The van der Waals surface area contributed by atoms with E-state index in [0.717, 1.165) is 24.2 Å². The van der Waals surface area contributed by atoms with Crippen LogP contribution in [0.25, 0.3) is 5.69 Å². The van der Waals surface area contributed by atoms with Gasteiger partial charge in [-0.25, -0.2) is 4.79 Å². The van der Waals surface area contributed by atoms with Crippen molar-refractivity contribution in [3.63, 3.8) is 0 Å². The number of rotatable bonds is 4. The van der Waals surface area contributed by atoms with Crippen molar-refractivity contribution < 1.29 is 14.4 Å². The molecular formula is C21H23ClN4O3. The van der Waals surface area contributed by atoms with Crippen LogP contribution in [0.3, 0.4) is 0 Å². The number of nitrogens with one attached hydrogen (secondary N) is 2. The Labute approximate surface area is 174 Å². The van der Waals surface area contributed by atoms with E-state index in [2.05, 4.69) is 10.6 Å². The van der Waals surface area contributed by atoms with Crippen LogP contribution in [0.15, 0.2) is 42.7 Å². The molecule has 1 aliphatic heterocycles. The summed E-state index contributed by atoms with van der Waals surface area (Å²) in [5, 5.41) is 6.21. The summed E-state index contributed by atoms with van der Waals surface area (Å²) in [5.74, 6) is -0.686. The van der Waals surface area contributed by atoms with E-state index >= 15 is 0 Å². The van der Waals surface area contributed by atoms with Gasteiger partial charge in [-0.15, -0.1) is 0 Å². The fourth-order valence-electron chi connectivity index (χ4n) is 4.29. The molecule has 2 unspecified atom stereocenters. The van der Waals surface area contributed by atoms with Crippen LogP contribution in [0.4, 0.5) is 10.5 Å². The predicted molar refractivity (Wildman–Crippen MR) is 110 cm³/mol. The molecule has 7 nitrogen and oxygen atoms in total. The molecule has 1 aromatic carbocycles. The number of amides is 4. The lowest BCUT2D eigenvalue weighted by molar-refractivity contribution is -0.136. The van der Waals surface area contributed by atoms with Gasteiger partial charge in [-0.2, -0.15) is 0 Å². The van der Waals surface area contributed by atoms with E-state index in [0.29, 0.717) is 22.8 Å². The van der Waals surface area contributed by atoms with E-state index in [9.17, 15) is 14.4 Å². The minimum atomic E-state index is -0.869. The lowest BCUT2D eigenvalue weighted by Crippen LogP contribution is -2.54. The Morgan fingerprint density at radius 1 is 1.28 bits per heavy atom. The molecule has 2 aromatic rings. The molecule has 29 heavy (non-hydrogen) atoms. The Kier molecular flexibility index (Phi) is 5.08. The summed E-state index contributed by atoms with van der Waals surface area (Å²) >= 11 is 6.11. The lowest BCUT2D eigenvalue weighted by Gasteiger charge is -2.36. The van der Waals surface area contributed by atoms with Gasteiger partial charge in [0.2, 0.25) is 5.91 Å². The number of hydrogen-bond donors (Lipinski definition) is 2. The summed E-state index contributed by atoms with van der Waals surface area (Å²) < 4.78 is 1.83. The smallest absolute Gasteiger partial charge is 0.323 e. The number of halogens is 1. The lowest BCUT2D eigenvalue weighted by atomic mass is 9.73. The Morgan fingerprint density at radius 2 is 2.03 bits per heavy atom. The molecule has 1 aliphatic carbocycles. The molecule has 2 fully saturated rings. The molecule has 2 N–H and O–H groups in total. The van der Waals surface area contributed by atoms with Crippen LogP contribution in [0.2, 0.25) is 5.02 Å². The zero-order valence-electron chi connectivity index (χ0n) is 16.2. The van der Waals surface area contributed by atoms with E-state index in [1.54, 1.807) is 18.2 Å². The van der Waals surface area contributed by atoms with E-state index < -0.39 is 17.5 Å². The molecular weight excluding hydrogens is 392 g/mol. The molecule has 2 aliphatic rings. The van der Waals surface area contributed by atoms with Gasteiger partial charge in [0, 0.05) is 17.4 Å². The van der Waals surface area contributed by atoms with E-state index in [4.69, 9.17) is 11.6 Å². The maximum atomic E-state index is 13.0. The maximum absolute atomic E-state index is 13.0. The van der Waals surface area contributed by atoms with Crippen molar-refractivity contribution in [2.45, 2.75) is 38.1 Å². The summed E-state index contributed by atoms with van der Waals surface area (Å²) in [4.78, 5) is 39.2. The molecule has 2 heterocycles. The third-order valence-corrected chi connectivity index (χ3v) is 6.15. The highest BCUT2D eigenvalue weighted by molar-refractivity contribution is 6.31. The maximum Gasteiger partial charge on any atom is 0.325 e. The molecule has 0 bridgehead atoms. The monoisotopic (exact) mass is 414 g/mol. The summed E-state index contributed by atoms with van der Waals surface area (Å²) in [6.07, 6.45) is 7.12. The number of urea groups is 1. The predicted octanol–water partition coefficient (Wildman–Crippen LogP) is 3.57. The molecule has 1 aromatic heterocycles. The van der Waals surface area contributed by atoms with Crippen molar-refractivity contribution in [1.82, 2.24) is 14.8 Å². The Hall–Kier alpha value is -2.80. The first-order chi connectivity index (χ1) is 13.9. The van der Waals surface area contributed by atoms with Crippen molar-refractivity contribution >= 4 is 35.1 Å². The van der Waals surface area contributed by atoms with Crippen molar-refractivity contribution in [3.8, 4) is 5.69 Å². The van der Waals surface area contributed by atoms with E-state index in [1.165, 1.54) is 0 Å². The Morgan fingerprint density at radius 3 is 2.76 bits per heavy atom. The average Bonchev–Trinajstić information content (AvgIpc) is 3.30. The van der Waals surface area contributed by atoms with Gasteiger partial charge >= 0.3 is 6.03 Å². The van der Waals surface area contributed by atoms with Crippen LogP contribution < -0.4 is 10.6 Å². The van der Waals surface area contributed by atoms with Gasteiger partial charge in [0.25, 0.3) is 5.91 Å². The summed E-state index contributed by atoms with van der Waals surface area (Å²) in [6.45, 7) is 1.66. The zero-order valence-corrected chi connectivity index (χ0v) is 16.9. The molecule has 152 valence electrons. The highest BCUT2D eigenvalue weighted by Crippen LogP contribution is 2.38. The number of hydrogen-bond acceptors (Lipinski definition) is 3. The Bertz CT molecular complexity index is 959. The second kappa shape index (κ2) is 7.55. The first-order valence-electron chi connectivity index (χ1n) is 9.77. The zero-order chi connectivity index (χ0) is 20.6. The molecule has 0 radical (unpaired) electrons. The largest absolute Gasteiger partial charge is 0.325 e. The number of aromatic nitrogens is 1. The molecule has 4 rings (SSSR count). The van der Waals surface area contributed by atoms with Gasteiger partial charge in [-0.3, -0.25) is 14.5 Å². The van der Waals surface area contributed by atoms with Crippen molar-refractivity contribution in [2.24, 2.45) is 5.92 Å². The minimum Gasteiger partial charge on any atom is -0.323 e. The number of benzene rings is 1. The second-order valence-corrected chi connectivity index (χ2v) is 8.18. The fourth-order valence-corrected chi connectivity index (χ4v) is 4.46. The minimum absolute atomic E-state index is 0.0531. The van der Waals surface area contributed by atoms with Crippen molar-refractivity contribution in [1.29, 1.82) is 0 Å². The van der Waals surface area contributed by atoms with Crippen LogP contribution in [0.1, 0.15) is 32.6 Å². The molecule has 1 saturated carbocycles. The third kappa shape index (κ3) is 3.51. The topological polar surface area (TPSA) is 83.4 Å². The number of nitrogens with zero attached hydrogens (tertiary/aromatic N) is 2. The molecule has 2 atom stereocenters. The molecule has 4 amide bonds. The molecule has 8 heteroatoms. The van der Waals surface area contributed by atoms with Gasteiger partial charge in [-0.05, 0) is 49.1 Å².